The van der Waals surface area contributed by atoms with Gasteiger partial charge in [0.15, 0.2) is 17.0 Å². The van der Waals surface area contributed by atoms with E-state index in [1.165, 1.54) is 24.9 Å². The summed E-state index contributed by atoms with van der Waals surface area (Å²) in [5, 5.41) is 0.491. The fourth-order valence-electron chi connectivity index (χ4n) is 2.00. The highest BCUT2D eigenvalue weighted by molar-refractivity contribution is 7.98. The molecule has 2 aromatic rings. The monoisotopic (exact) mass is 364 g/mol. The molecule has 0 bridgehead atoms. The Morgan fingerprint density at radius 3 is 2.54 bits per heavy atom. The summed E-state index contributed by atoms with van der Waals surface area (Å²) in [6, 6.07) is 7.23. The molecule has 5 nitrogen and oxygen atoms in total. The Labute approximate surface area is 149 Å². The van der Waals surface area contributed by atoms with Crippen LogP contribution in [0.5, 0.6) is 0 Å². The molecule has 0 aliphatic carbocycles. The number of Topliss-reactive ketones (excluding diaryl/α,β-unsaturated/α-hetero) is 1. The second-order valence-corrected chi connectivity index (χ2v) is 6.20. The molecular formula is C17H17ClN2O3S. The summed E-state index contributed by atoms with van der Waals surface area (Å²) in [7, 11) is 0. The van der Waals surface area contributed by atoms with Gasteiger partial charge in [-0.05, 0) is 25.2 Å². The number of carbonyl (C=O) groups excluding carboxylic acids is 2. The number of rotatable bonds is 6. The molecule has 24 heavy (non-hydrogen) atoms. The zero-order valence-corrected chi connectivity index (χ0v) is 15.1. The summed E-state index contributed by atoms with van der Waals surface area (Å²) in [6.07, 6.45) is 3.08. The number of carbonyl (C=O) groups is 2. The molecular weight excluding hydrogens is 348 g/mol. The van der Waals surface area contributed by atoms with E-state index in [4.69, 9.17) is 16.3 Å². The van der Waals surface area contributed by atoms with Crippen molar-refractivity contribution >= 4 is 35.1 Å². The van der Waals surface area contributed by atoms with Crippen LogP contribution in [-0.4, -0.2) is 34.1 Å². The zero-order chi connectivity index (χ0) is 17.7. The van der Waals surface area contributed by atoms with E-state index in [0.29, 0.717) is 10.7 Å². The fraction of sp³-hybridized carbons (Fsp3) is 0.294. The molecule has 0 aliphatic rings. The molecule has 0 spiro atoms. The predicted molar refractivity (Wildman–Crippen MR) is 93.9 cm³/mol. The normalized spacial score (nSPS) is 11.8. The number of hydrogen-bond donors (Lipinski definition) is 0. The molecule has 0 fully saturated rings. The summed E-state index contributed by atoms with van der Waals surface area (Å²) in [5.41, 5.74) is 1.58. The second kappa shape index (κ2) is 8.26. The van der Waals surface area contributed by atoms with E-state index in [2.05, 4.69) is 9.97 Å². The van der Waals surface area contributed by atoms with E-state index < -0.39 is 12.1 Å². The first-order valence-corrected chi connectivity index (χ1v) is 8.97. The van der Waals surface area contributed by atoms with Crippen LogP contribution in [0.4, 0.5) is 0 Å². The van der Waals surface area contributed by atoms with Gasteiger partial charge in [0.25, 0.3) is 0 Å². The smallest absolute Gasteiger partial charge is 0.359 e. The van der Waals surface area contributed by atoms with Crippen LogP contribution in [0.1, 0.15) is 40.3 Å². The van der Waals surface area contributed by atoms with Crippen molar-refractivity contribution in [3.05, 3.63) is 52.3 Å². The number of thioether (sulfide) groups is 1. The minimum atomic E-state index is -0.936. The maximum Gasteiger partial charge on any atom is 0.359 e. The predicted octanol–water partition coefficient (Wildman–Crippen LogP) is 3.84. The molecule has 0 radical (unpaired) electrons. The van der Waals surface area contributed by atoms with Gasteiger partial charge >= 0.3 is 5.97 Å². The minimum Gasteiger partial charge on any atom is -0.449 e. The Morgan fingerprint density at radius 2 is 1.96 bits per heavy atom. The van der Waals surface area contributed by atoms with Crippen molar-refractivity contribution in [3.8, 4) is 0 Å². The standard InChI is InChI=1S/C17H17ClN2O3S/c1-4-11-5-7-12(8-6-11)15(21)10(2)23-16(22)14-13(18)9-19-17(20-14)24-3/h5-10H,4H2,1-3H3/t10-/m1/s1. The van der Waals surface area contributed by atoms with Gasteiger partial charge in [0, 0.05) is 5.56 Å². The van der Waals surface area contributed by atoms with Gasteiger partial charge in [0.2, 0.25) is 5.78 Å². The first-order chi connectivity index (χ1) is 11.5. The van der Waals surface area contributed by atoms with E-state index in [0.717, 1.165) is 12.0 Å². The Bertz CT molecular complexity index is 750. The maximum absolute atomic E-state index is 12.4. The van der Waals surface area contributed by atoms with Crippen LogP contribution in [0.15, 0.2) is 35.6 Å². The van der Waals surface area contributed by atoms with E-state index in [1.807, 2.05) is 19.1 Å². The molecule has 0 N–H and O–H groups in total. The second-order valence-electron chi connectivity index (χ2n) is 5.02. The van der Waals surface area contributed by atoms with Gasteiger partial charge in [0.1, 0.15) is 0 Å². The van der Waals surface area contributed by atoms with Gasteiger partial charge in [-0.15, -0.1) is 0 Å². The van der Waals surface area contributed by atoms with Gasteiger partial charge in [-0.1, -0.05) is 54.6 Å². The number of nitrogens with zero attached hydrogens (tertiary/aromatic N) is 2. The molecule has 7 heteroatoms. The largest absolute Gasteiger partial charge is 0.449 e. The van der Waals surface area contributed by atoms with Crippen molar-refractivity contribution in [1.82, 2.24) is 9.97 Å². The van der Waals surface area contributed by atoms with Crippen molar-refractivity contribution < 1.29 is 14.3 Å². The third kappa shape index (κ3) is 4.33. The maximum atomic E-state index is 12.4. The third-order valence-electron chi connectivity index (χ3n) is 3.40. The number of halogens is 1. The first-order valence-electron chi connectivity index (χ1n) is 7.37. The molecule has 0 amide bonds. The van der Waals surface area contributed by atoms with Crippen LogP contribution < -0.4 is 0 Å². The van der Waals surface area contributed by atoms with Gasteiger partial charge in [0.05, 0.1) is 11.2 Å². The summed E-state index contributed by atoms with van der Waals surface area (Å²) in [4.78, 5) is 32.6. The Kier molecular flexibility index (Phi) is 6.34. The van der Waals surface area contributed by atoms with Gasteiger partial charge < -0.3 is 4.74 Å². The summed E-state index contributed by atoms with van der Waals surface area (Å²) >= 11 is 7.22. The molecule has 1 heterocycles. The Hall–Kier alpha value is -1.92. The van der Waals surface area contributed by atoms with Crippen molar-refractivity contribution in [2.24, 2.45) is 0 Å². The molecule has 0 aliphatic heterocycles. The van der Waals surface area contributed by atoms with Gasteiger partial charge in [-0.2, -0.15) is 0 Å². The molecule has 1 atom stereocenters. The van der Waals surface area contributed by atoms with Crippen molar-refractivity contribution in [1.29, 1.82) is 0 Å². The summed E-state index contributed by atoms with van der Waals surface area (Å²) < 4.78 is 5.22. The number of ether oxygens (including phenoxy) is 1. The lowest BCUT2D eigenvalue weighted by atomic mass is 10.0. The number of aromatic nitrogens is 2. The lowest BCUT2D eigenvalue weighted by Gasteiger charge is -2.13. The first kappa shape index (κ1) is 18.4. The molecule has 1 aromatic heterocycles. The molecule has 1 aromatic carbocycles. The average molecular weight is 365 g/mol. The van der Waals surface area contributed by atoms with E-state index in [9.17, 15) is 9.59 Å². The molecule has 0 saturated heterocycles. The van der Waals surface area contributed by atoms with Gasteiger partial charge in [-0.25, -0.2) is 14.8 Å². The van der Waals surface area contributed by atoms with Gasteiger partial charge in [-0.3, -0.25) is 4.79 Å². The summed E-state index contributed by atoms with van der Waals surface area (Å²) in [6.45, 7) is 3.56. The lowest BCUT2D eigenvalue weighted by molar-refractivity contribution is 0.0312. The van der Waals surface area contributed by atoms with Crippen molar-refractivity contribution in [2.75, 3.05) is 6.26 Å². The van der Waals surface area contributed by atoms with E-state index >= 15 is 0 Å². The Morgan fingerprint density at radius 1 is 1.29 bits per heavy atom. The fourth-order valence-corrected chi connectivity index (χ4v) is 2.51. The van der Waals surface area contributed by atoms with Crippen LogP contribution in [0, 0.1) is 0 Å². The average Bonchev–Trinajstić information content (AvgIpc) is 2.61. The number of aryl methyl sites for hydroxylation is 1. The summed E-state index contributed by atoms with van der Waals surface area (Å²) in [5.74, 6) is -1.02. The quantitative estimate of drug-likeness (QED) is 0.335. The number of esters is 1. The third-order valence-corrected chi connectivity index (χ3v) is 4.24. The van der Waals surface area contributed by atoms with E-state index in [-0.39, 0.29) is 16.5 Å². The molecule has 0 saturated carbocycles. The minimum absolute atomic E-state index is 0.0444. The van der Waals surface area contributed by atoms with Crippen LogP contribution in [-0.2, 0) is 11.2 Å². The van der Waals surface area contributed by atoms with Crippen LogP contribution in [0.25, 0.3) is 0 Å². The molecule has 2 rings (SSSR count). The zero-order valence-electron chi connectivity index (χ0n) is 13.6. The van der Waals surface area contributed by atoms with Crippen LogP contribution in [0.2, 0.25) is 5.02 Å². The highest BCUT2D eigenvalue weighted by Gasteiger charge is 2.23. The van der Waals surface area contributed by atoms with Crippen LogP contribution in [0.3, 0.4) is 0 Å². The van der Waals surface area contributed by atoms with E-state index in [1.54, 1.807) is 18.4 Å². The van der Waals surface area contributed by atoms with Crippen LogP contribution >= 0.6 is 23.4 Å². The lowest BCUT2D eigenvalue weighted by Crippen LogP contribution is -2.25. The SMILES string of the molecule is CCc1ccc(C(=O)[C@@H](C)OC(=O)c2nc(SC)ncc2Cl)cc1. The number of benzene rings is 1. The molecule has 126 valence electrons. The van der Waals surface area contributed by atoms with Crippen molar-refractivity contribution in [3.63, 3.8) is 0 Å². The highest BCUT2D eigenvalue weighted by Crippen LogP contribution is 2.18. The number of hydrogen-bond acceptors (Lipinski definition) is 6. The van der Waals surface area contributed by atoms with Crippen molar-refractivity contribution in [2.45, 2.75) is 31.5 Å². The molecule has 0 unspecified atom stereocenters. The Balaban J connectivity index is 2.11. The topological polar surface area (TPSA) is 69.2 Å². The highest BCUT2D eigenvalue weighted by atomic mass is 35.5. The number of ketones is 1.